The van der Waals surface area contributed by atoms with E-state index in [9.17, 15) is 24.1 Å². The van der Waals surface area contributed by atoms with Gasteiger partial charge in [0.25, 0.3) is 17.5 Å². The van der Waals surface area contributed by atoms with Crippen molar-refractivity contribution in [3.05, 3.63) is 81.7 Å². The number of carbonyl (C=O) groups excluding carboxylic acids is 2. The molecular formula is C16H12FN3O4. The van der Waals surface area contributed by atoms with Gasteiger partial charge in [-0.15, -0.1) is 0 Å². The molecule has 0 fully saturated rings. The van der Waals surface area contributed by atoms with Gasteiger partial charge < -0.3 is 0 Å². The molecule has 0 unspecified atom stereocenters. The maximum Gasteiger partial charge on any atom is 0.282 e. The highest BCUT2D eigenvalue weighted by Crippen LogP contribution is 2.16. The van der Waals surface area contributed by atoms with Crippen molar-refractivity contribution >= 4 is 23.6 Å². The molecule has 7 nitrogen and oxygen atoms in total. The predicted octanol–water partition coefficient (Wildman–Crippen LogP) is 2.21. The van der Waals surface area contributed by atoms with E-state index in [2.05, 4.69) is 10.9 Å². The van der Waals surface area contributed by atoms with Gasteiger partial charge in [0, 0.05) is 12.1 Å². The second kappa shape index (κ2) is 7.63. The third-order valence-corrected chi connectivity index (χ3v) is 2.94. The summed E-state index contributed by atoms with van der Waals surface area (Å²) in [5.41, 5.74) is 4.24. The van der Waals surface area contributed by atoms with E-state index >= 15 is 0 Å². The summed E-state index contributed by atoms with van der Waals surface area (Å²) < 4.78 is 12.7. The quantitative estimate of drug-likeness (QED) is 0.510. The van der Waals surface area contributed by atoms with Crippen molar-refractivity contribution < 1.29 is 18.9 Å². The molecule has 0 heterocycles. The number of nitro groups is 1. The van der Waals surface area contributed by atoms with Crippen molar-refractivity contribution in [1.82, 2.24) is 10.9 Å². The molecule has 0 aliphatic rings. The summed E-state index contributed by atoms with van der Waals surface area (Å²) in [4.78, 5) is 33.7. The summed E-state index contributed by atoms with van der Waals surface area (Å²) in [6, 6.07) is 10.8. The minimum Gasteiger partial charge on any atom is -0.268 e. The van der Waals surface area contributed by atoms with Crippen LogP contribution in [-0.2, 0) is 4.79 Å². The van der Waals surface area contributed by atoms with Gasteiger partial charge in [0.15, 0.2) is 0 Å². The second-order valence-electron chi connectivity index (χ2n) is 4.60. The first-order valence-corrected chi connectivity index (χ1v) is 6.75. The zero-order chi connectivity index (χ0) is 17.5. The summed E-state index contributed by atoms with van der Waals surface area (Å²) >= 11 is 0. The van der Waals surface area contributed by atoms with Gasteiger partial charge in [0.05, 0.1) is 4.92 Å². The highest BCUT2D eigenvalue weighted by Gasteiger charge is 2.19. The molecule has 2 rings (SSSR count). The summed E-state index contributed by atoms with van der Waals surface area (Å²) in [5, 5.41) is 10.8. The Balaban J connectivity index is 1.95. The molecule has 24 heavy (non-hydrogen) atoms. The lowest BCUT2D eigenvalue weighted by molar-refractivity contribution is -0.385. The van der Waals surface area contributed by atoms with Crippen molar-refractivity contribution in [2.45, 2.75) is 0 Å². The Bertz CT molecular complexity index is 803. The van der Waals surface area contributed by atoms with Crippen molar-refractivity contribution in [3.8, 4) is 0 Å². The maximum atomic E-state index is 12.7. The van der Waals surface area contributed by atoms with Gasteiger partial charge in [0.2, 0.25) is 0 Å². The highest BCUT2D eigenvalue weighted by molar-refractivity contribution is 6.00. The number of nitrogens with zero attached hydrogens (tertiary/aromatic N) is 1. The molecule has 0 aliphatic carbocycles. The fourth-order valence-electron chi connectivity index (χ4n) is 1.80. The third-order valence-electron chi connectivity index (χ3n) is 2.94. The summed E-state index contributed by atoms with van der Waals surface area (Å²) in [7, 11) is 0. The lowest BCUT2D eigenvalue weighted by Gasteiger charge is -2.05. The number of nitrogens with one attached hydrogen (secondary N) is 2. The molecule has 0 saturated carbocycles. The number of nitro benzene ring substituents is 1. The third kappa shape index (κ3) is 4.47. The molecule has 0 saturated heterocycles. The fourth-order valence-corrected chi connectivity index (χ4v) is 1.80. The van der Waals surface area contributed by atoms with Crippen LogP contribution in [0.3, 0.4) is 0 Å². The number of amides is 2. The molecule has 0 radical (unpaired) electrons. The van der Waals surface area contributed by atoms with Crippen LogP contribution >= 0.6 is 0 Å². The van der Waals surface area contributed by atoms with Crippen molar-refractivity contribution in [2.24, 2.45) is 0 Å². The zero-order valence-electron chi connectivity index (χ0n) is 12.2. The lowest BCUT2D eigenvalue weighted by Crippen LogP contribution is -2.40. The molecule has 0 aromatic heterocycles. The van der Waals surface area contributed by atoms with Crippen LogP contribution in [-0.4, -0.2) is 16.7 Å². The number of carbonyl (C=O) groups is 2. The Morgan fingerprint density at radius 3 is 2.38 bits per heavy atom. The van der Waals surface area contributed by atoms with Crippen LogP contribution in [0, 0.1) is 15.9 Å². The molecule has 8 heteroatoms. The monoisotopic (exact) mass is 329 g/mol. The molecule has 2 amide bonds. The van der Waals surface area contributed by atoms with Crippen LogP contribution in [0.1, 0.15) is 15.9 Å². The summed E-state index contributed by atoms with van der Waals surface area (Å²) in [6.45, 7) is 0. The van der Waals surface area contributed by atoms with Gasteiger partial charge >= 0.3 is 0 Å². The first-order chi connectivity index (χ1) is 11.5. The Labute approximate surface area is 135 Å². The number of hydrogen-bond donors (Lipinski definition) is 2. The molecule has 0 bridgehead atoms. The largest absolute Gasteiger partial charge is 0.282 e. The van der Waals surface area contributed by atoms with Gasteiger partial charge in [-0.3, -0.25) is 30.6 Å². The minimum absolute atomic E-state index is 0.176. The van der Waals surface area contributed by atoms with Crippen LogP contribution in [0.15, 0.2) is 54.6 Å². The molecular weight excluding hydrogens is 317 g/mol. The Morgan fingerprint density at radius 2 is 1.71 bits per heavy atom. The molecule has 2 N–H and O–H groups in total. The van der Waals surface area contributed by atoms with Crippen LogP contribution in [0.25, 0.3) is 6.08 Å². The van der Waals surface area contributed by atoms with Crippen LogP contribution in [0.5, 0.6) is 0 Å². The van der Waals surface area contributed by atoms with Gasteiger partial charge in [-0.2, -0.15) is 0 Å². The average molecular weight is 329 g/mol. The van der Waals surface area contributed by atoms with Crippen LogP contribution in [0.2, 0.25) is 0 Å². The predicted molar refractivity (Wildman–Crippen MR) is 84.1 cm³/mol. The Hall–Kier alpha value is -3.55. The van der Waals surface area contributed by atoms with Crippen LogP contribution in [0.4, 0.5) is 10.1 Å². The van der Waals surface area contributed by atoms with Crippen molar-refractivity contribution in [1.29, 1.82) is 0 Å². The number of benzene rings is 2. The number of hydrogen-bond acceptors (Lipinski definition) is 4. The summed E-state index contributed by atoms with van der Waals surface area (Å²) in [6.07, 6.45) is 2.55. The molecule has 0 aliphatic heterocycles. The van der Waals surface area contributed by atoms with E-state index in [1.54, 1.807) is 0 Å². The van der Waals surface area contributed by atoms with Crippen molar-refractivity contribution in [3.63, 3.8) is 0 Å². The first-order valence-electron chi connectivity index (χ1n) is 6.75. The molecule has 122 valence electrons. The van der Waals surface area contributed by atoms with Crippen LogP contribution < -0.4 is 10.9 Å². The van der Waals surface area contributed by atoms with E-state index in [0.29, 0.717) is 5.56 Å². The molecule has 2 aromatic rings. The normalized spacial score (nSPS) is 10.4. The second-order valence-corrected chi connectivity index (χ2v) is 4.60. The minimum atomic E-state index is -0.814. The maximum absolute atomic E-state index is 12.7. The smallest absolute Gasteiger partial charge is 0.268 e. The standard InChI is InChI=1S/C16H12FN3O4/c17-12-8-5-11(6-9-12)7-10-15(21)18-19-16(22)13-3-1-2-4-14(13)20(23)24/h1-10H,(H,18,21)(H,19,22)/b10-7+. The van der Waals surface area contributed by atoms with E-state index in [4.69, 9.17) is 0 Å². The van der Waals surface area contributed by atoms with Crippen molar-refractivity contribution in [2.75, 3.05) is 0 Å². The number of rotatable bonds is 4. The SMILES string of the molecule is O=C(/C=C/c1ccc(F)cc1)NNC(=O)c1ccccc1[N+](=O)[O-]. The highest BCUT2D eigenvalue weighted by atomic mass is 19.1. The lowest BCUT2D eigenvalue weighted by atomic mass is 10.2. The fraction of sp³-hybridized carbons (Fsp3) is 0. The van der Waals surface area contributed by atoms with E-state index in [-0.39, 0.29) is 11.3 Å². The number of para-hydroxylation sites is 1. The number of hydrazine groups is 1. The van der Waals surface area contributed by atoms with E-state index in [1.165, 1.54) is 54.6 Å². The molecule has 0 atom stereocenters. The molecule has 0 spiro atoms. The summed E-state index contributed by atoms with van der Waals surface area (Å²) in [5.74, 6) is -1.86. The van der Waals surface area contributed by atoms with Gasteiger partial charge in [-0.1, -0.05) is 24.3 Å². The zero-order valence-corrected chi connectivity index (χ0v) is 12.2. The Kier molecular flexibility index (Phi) is 5.35. The molecule has 2 aromatic carbocycles. The number of halogens is 1. The van der Waals surface area contributed by atoms with Gasteiger partial charge in [0.1, 0.15) is 11.4 Å². The van der Waals surface area contributed by atoms with E-state index < -0.39 is 22.6 Å². The van der Waals surface area contributed by atoms with E-state index in [1.807, 2.05) is 0 Å². The van der Waals surface area contributed by atoms with Gasteiger partial charge in [-0.25, -0.2) is 4.39 Å². The average Bonchev–Trinajstić information content (AvgIpc) is 2.59. The van der Waals surface area contributed by atoms with Gasteiger partial charge in [-0.05, 0) is 29.8 Å². The van der Waals surface area contributed by atoms with E-state index in [0.717, 1.165) is 6.08 Å². The Morgan fingerprint density at radius 1 is 1.04 bits per heavy atom. The topological polar surface area (TPSA) is 101 Å². The first kappa shape index (κ1) is 16.8.